The number of nitrogens with one attached hydrogen (secondary N) is 1. The van der Waals surface area contributed by atoms with Gasteiger partial charge < -0.3 is 14.9 Å². The number of aliphatic hydroxyl groups excluding tert-OH is 2. The minimum absolute atomic E-state index is 0.331. The molecule has 10 nitrogen and oxygen atoms in total. The van der Waals surface area contributed by atoms with Crippen molar-refractivity contribution < 1.29 is 14.9 Å². The highest BCUT2D eigenvalue weighted by Crippen LogP contribution is 2.54. The predicted molar refractivity (Wildman–Crippen MR) is 70.0 cm³/mol. The Morgan fingerprint density at radius 3 is 3.00 bits per heavy atom. The highest BCUT2D eigenvalue weighted by atomic mass is 16.6. The first kappa shape index (κ1) is 13.4. The summed E-state index contributed by atoms with van der Waals surface area (Å²) in [6, 6.07) is -0.715. The molecule has 2 aromatic rings. The highest BCUT2D eigenvalue weighted by Gasteiger charge is 2.65. The van der Waals surface area contributed by atoms with Crippen LogP contribution in [0.3, 0.4) is 0 Å². The molecule has 0 aliphatic carbocycles. The first-order valence-electron chi connectivity index (χ1n) is 6.69. The van der Waals surface area contributed by atoms with E-state index >= 15 is 0 Å². The average molecular weight is 307 g/mol. The van der Waals surface area contributed by atoms with Crippen molar-refractivity contribution in [1.29, 1.82) is 0 Å². The van der Waals surface area contributed by atoms with Crippen molar-refractivity contribution in [3.63, 3.8) is 0 Å². The third kappa shape index (κ3) is 1.39. The Morgan fingerprint density at radius 1 is 1.50 bits per heavy atom. The zero-order valence-corrected chi connectivity index (χ0v) is 11.5. The van der Waals surface area contributed by atoms with Gasteiger partial charge in [0.2, 0.25) is 0 Å². The van der Waals surface area contributed by atoms with Gasteiger partial charge in [-0.05, 0) is 6.92 Å². The summed E-state index contributed by atoms with van der Waals surface area (Å²) in [5.41, 5.74) is -1.73. The summed E-state index contributed by atoms with van der Waals surface area (Å²) in [6.07, 6.45) is 0.795. The van der Waals surface area contributed by atoms with Gasteiger partial charge in [0.15, 0.2) is 11.8 Å². The Labute approximate surface area is 122 Å². The van der Waals surface area contributed by atoms with E-state index in [1.165, 1.54) is 21.6 Å². The Morgan fingerprint density at radius 2 is 2.27 bits per heavy atom. The van der Waals surface area contributed by atoms with Crippen LogP contribution in [-0.2, 0) is 10.3 Å². The molecular formula is C12H13N5O5. The molecule has 2 aliphatic heterocycles. The number of hydrogen-bond donors (Lipinski definition) is 3. The number of aromatic amines is 1. The second kappa shape index (κ2) is 4.12. The molecular weight excluding hydrogens is 294 g/mol. The molecule has 22 heavy (non-hydrogen) atoms. The van der Waals surface area contributed by atoms with Crippen LogP contribution >= 0.6 is 0 Å². The van der Waals surface area contributed by atoms with Gasteiger partial charge in [-0.25, -0.2) is 9.48 Å². The summed E-state index contributed by atoms with van der Waals surface area (Å²) in [5.74, 6) is 0. The number of H-pyrrole nitrogens is 1. The van der Waals surface area contributed by atoms with E-state index in [1.54, 1.807) is 6.92 Å². The lowest BCUT2D eigenvalue weighted by Crippen LogP contribution is -2.40. The monoisotopic (exact) mass is 307 g/mol. The molecule has 0 unspecified atom stereocenters. The molecule has 3 N–H and O–H groups in total. The van der Waals surface area contributed by atoms with E-state index in [9.17, 15) is 19.8 Å². The molecule has 2 bridgehead atoms. The molecule has 0 aromatic carbocycles. The molecule has 4 rings (SSSR count). The molecule has 4 heterocycles. The first-order chi connectivity index (χ1) is 10.5. The summed E-state index contributed by atoms with van der Waals surface area (Å²) in [5, 5.41) is 27.8. The van der Waals surface area contributed by atoms with Crippen LogP contribution in [0.15, 0.2) is 22.0 Å². The maximum atomic E-state index is 12.0. The van der Waals surface area contributed by atoms with E-state index in [1.807, 2.05) is 0 Å². The predicted octanol–water partition coefficient (Wildman–Crippen LogP) is -2.23. The van der Waals surface area contributed by atoms with Gasteiger partial charge in [0.05, 0.1) is 18.5 Å². The summed E-state index contributed by atoms with van der Waals surface area (Å²) in [4.78, 5) is 25.7. The zero-order chi connectivity index (χ0) is 15.6. The van der Waals surface area contributed by atoms with Gasteiger partial charge >= 0.3 is 5.69 Å². The van der Waals surface area contributed by atoms with E-state index < -0.39 is 41.8 Å². The highest BCUT2D eigenvalue weighted by molar-refractivity contribution is 5.25. The van der Waals surface area contributed by atoms with Crippen LogP contribution < -0.4 is 11.2 Å². The number of fused-ring (bicyclic) bond motifs is 5. The zero-order valence-electron chi connectivity index (χ0n) is 11.5. The largest absolute Gasteiger partial charge is 0.393 e. The molecule has 0 saturated carbocycles. The molecule has 116 valence electrons. The van der Waals surface area contributed by atoms with Gasteiger partial charge in [0.25, 0.3) is 5.56 Å². The van der Waals surface area contributed by atoms with E-state index in [-0.39, 0.29) is 0 Å². The fourth-order valence-corrected chi connectivity index (χ4v) is 3.23. The van der Waals surface area contributed by atoms with Crippen molar-refractivity contribution in [1.82, 2.24) is 24.5 Å². The number of aryl methyl sites for hydroxylation is 1. The van der Waals surface area contributed by atoms with Crippen molar-refractivity contribution in [2.24, 2.45) is 0 Å². The molecule has 1 fully saturated rings. The van der Waals surface area contributed by atoms with Crippen molar-refractivity contribution in [2.75, 3.05) is 6.61 Å². The van der Waals surface area contributed by atoms with Crippen molar-refractivity contribution in [3.05, 3.63) is 44.5 Å². The van der Waals surface area contributed by atoms with Crippen LogP contribution in [0.1, 0.15) is 23.5 Å². The van der Waals surface area contributed by atoms with Gasteiger partial charge in [0.1, 0.15) is 12.1 Å². The van der Waals surface area contributed by atoms with Gasteiger partial charge in [-0.3, -0.25) is 14.3 Å². The molecule has 1 saturated heterocycles. The van der Waals surface area contributed by atoms with Gasteiger partial charge in [-0.2, -0.15) is 0 Å². The molecule has 0 radical (unpaired) electrons. The summed E-state index contributed by atoms with van der Waals surface area (Å²) >= 11 is 0. The van der Waals surface area contributed by atoms with Crippen LogP contribution in [-0.4, -0.2) is 47.5 Å². The van der Waals surface area contributed by atoms with Crippen molar-refractivity contribution in [2.45, 2.75) is 30.9 Å². The Kier molecular flexibility index (Phi) is 2.50. The minimum atomic E-state index is -1.37. The van der Waals surface area contributed by atoms with E-state index in [0.717, 1.165) is 0 Å². The molecule has 4 atom stereocenters. The Balaban J connectivity index is 1.90. The molecule has 2 aromatic heterocycles. The normalized spacial score (nSPS) is 32.4. The summed E-state index contributed by atoms with van der Waals surface area (Å²) < 4.78 is 8.43. The first-order valence-corrected chi connectivity index (χ1v) is 6.69. The quantitative estimate of drug-likeness (QED) is 0.571. The third-order valence-corrected chi connectivity index (χ3v) is 4.37. The number of nitrogens with zero attached hydrogens (tertiary/aromatic N) is 4. The lowest BCUT2D eigenvalue weighted by molar-refractivity contribution is -0.143. The van der Waals surface area contributed by atoms with Crippen molar-refractivity contribution in [3.8, 4) is 0 Å². The molecule has 0 amide bonds. The molecule has 2 aliphatic rings. The summed E-state index contributed by atoms with van der Waals surface area (Å²) in [6.45, 7) is 1.08. The lowest BCUT2D eigenvalue weighted by Gasteiger charge is -2.29. The number of ether oxygens (including phenoxy) is 1. The van der Waals surface area contributed by atoms with Gasteiger partial charge in [-0.1, -0.05) is 5.21 Å². The number of aliphatic hydroxyl groups is 2. The third-order valence-electron chi connectivity index (χ3n) is 4.37. The number of rotatable bonds is 2. The maximum absolute atomic E-state index is 12.0. The standard InChI is InChI=1S/C12H13N5O5/c1-5-3-16(11(21)14-9(5)20)10-7-8(19)12(4-18,22-10)6-2-13-15-17(6)7/h2-3,7-8,10,18-19H,4H2,1H3,(H,14,20,21)/t7-,8+,10-,12+/m1/s1. The van der Waals surface area contributed by atoms with Crippen LogP contribution in [0, 0.1) is 6.92 Å². The van der Waals surface area contributed by atoms with E-state index in [0.29, 0.717) is 11.3 Å². The number of hydrogen-bond acceptors (Lipinski definition) is 7. The van der Waals surface area contributed by atoms with Crippen molar-refractivity contribution >= 4 is 0 Å². The molecule has 0 spiro atoms. The van der Waals surface area contributed by atoms with Crippen LogP contribution in [0.5, 0.6) is 0 Å². The summed E-state index contributed by atoms with van der Waals surface area (Å²) in [7, 11) is 0. The average Bonchev–Trinajstić information content (AvgIpc) is 3.12. The fourth-order valence-electron chi connectivity index (χ4n) is 3.23. The van der Waals surface area contributed by atoms with E-state index in [2.05, 4.69) is 15.3 Å². The Bertz CT molecular complexity index is 869. The second-order valence-corrected chi connectivity index (χ2v) is 5.53. The smallest absolute Gasteiger partial charge is 0.330 e. The van der Waals surface area contributed by atoms with E-state index in [4.69, 9.17) is 4.74 Å². The fraction of sp³-hybridized carbons (Fsp3) is 0.500. The van der Waals surface area contributed by atoms with Crippen LogP contribution in [0.2, 0.25) is 0 Å². The maximum Gasteiger partial charge on any atom is 0.330 e. The molecule has 10 heteroatoms. The Hall–Kier alpha value is -2.30. The second-order valence-electron chi connectivity index (χ2n) is 5.53. The number of aromatic nitrogens is 5. The van der Waals surface area contributed by atoms with Gasteiger partial charge in [0, 0.05) is 11.8 Å². The minimum Gasteiger partial charge on any atom is -0.393 e. The topological polar surface area (TPSA) is 135 Å². The lowest BCUT2D eigenvalue weighted by atomic mass is 9.97. The van der Waals surface area contributed by atoms with Gasteiger partial charge in [-0.15, -0.1) is 5.10 Å². The van der Waals surface area contributed by atoms with Crippen LogP contribution in [0.4, 0.5) is 0 Å². The SMILES string of the molecule is Cc1cn([C@@H]2O[C@@]3(CO)c4cnnn4[C@@H]2[C@@H]3O)c(=O)[nH]c1=O. The van der Waals surface area contributed by atoms with Crippen LogP contribution in [0.25, 0.3) is 0 Å².